The number of methoxy groups -OCH3 is 1. The molecular formula is C33H35ClN2O9S. The van der Waals surface area contributed by atoms with Crippen molar-refractivity contribution in [1.82, 2.24) is 4.57 Å². The van der Waals surface area contributed by atoms with Gasteiger partial charge in [-0.1, -0.05) is 41.7 Å². The quantitative estimate of drug-likeness (QED) is 0.182. The fraction of sp³-hybridized carbons (Fsp3) is 0.333. The summed E-state index contributed by atoms with van der Waals surface area (Å²) in [5.74, 6) is 0.253. The number of benzene rings is 2. The van der Waals surface area contributed by atoms with E-state index in [1.165, 1.54) is 23.0 Å². The Kier molecular flexibility index (Phi) is 11.7. The van der Waals surface area contributed by atoms with Gasteiger partial charge in [-0.05, 0) is 69.2 Å². The van der Waals surface area contributed by atoms with Gasteiger partial charge in [0.1, 0.15) is 6.61 Å². The summed E-state index contributed by atoms with van der Waals surface area (Å²) in [5, 5.41) is 0.308. The van der Waals surface area contributed by atoms with E-state index < -0.39 is 18.0 Å². The zero-order valence-electron chi connectivity index (χ0n) is 26.2. The average Bonchev–Trinajstić information content (AvgIpc) is 3.33. The van der Waals surface area contributed by atoms with Crippen molar-refractivity contribution in [2.45, 2.75) is 33.7 Å². The highest BCUT2D eigenvalue weighted by Gasteiger charge is 2.34. The molecule has 11 nitrogen and oxygen atoms in total. The van der Waals surface area contributed by atoms with Crippen molar-refractivity contribution in [2.75, 3.05) is 40.1 Å². The number of aromatic nitrogens is 1. The SMILES string of the molecule is C=CCOc1c(Cl)cc(/C=c2\sc3n(c2=O)[C@H](c2ccc(OCC(=O)OC)c(OCC)c2)C(C(=O)OCC)=C(C)N=3)cc1OCC. The second-order valence-electron chi connectivity index (χ2n) is 9.67. The third-order valence-corrected chi connectivity index (χ3v) is 7.91. The highest BCUT2D eigenvalue weighted by molar-refractivity contribution is 7.07. The summed E-state index contributed by atoms with van der Waals surface area (Å²) in [4.78, 5) is 44.2. The zero-order chi connectivity index (χ0) is 33.4. The summed E-state index contributed by atoms with van der Waals surface area (Å²) < 4.78 is 34.8. The Morgan fingerprint density at radius 3 is 2.43 bits per heavy atom. The molecule has 244 valence electrons. The number of allylic oxidation sites excluding steroid dienone is 1. The molecule has 2 heterocycles. The first-order valence-corrected chi connectivity index (χ1v) is 15.7. The Hall–Kier alpha value is -4.55. The minimum atomic E-state index is -0.899. The van der Waals surface area contributed by atoms with Gasteiger partial charge in [0.25, 0.3) is 5.56 Å². The third kappa shape index (κ3) is 7.45. The maximum absolute atomic E-state index is 14.1. The van der Waals surface area contributed by atoms with Crippen LogP contribution in [-0.4, -0.2) is 56.6 Å². The molecule has 0 amide bonds. The van der Waals surface area contributed by atoms with Gasteiger partial charge in [-0.15, -0.1) is 0 Å². The number of carbonyl (C=O) groups is 2. The molecule has 4 rings (SSSR count). The first-order valence-electron chi connectivity index (χ1n) is 14.5. The Bertz CT molecular complexity index is 1840. The first-order chi connectivity index (χ1) is 22.2. The molecule has 1 aliphatic rings. The zero-order valence-corrected chi connectivity index (χ0v) is 27.8. The van der Waals surface area contributed by atoms with Crippen LogP contribution in [-0.2, 0) is 19.1 Å². The van der Waals surface area contributed by atoms with E-state index in [0.29, 0.717) is 67.4 Å². The van der Waals surface area contributed by atoms with E-state index >= 15 is 0 Å². The van der Waals surface area contributed by atoms with Gasteiger partial charge in [0.15, 0.2) is 34.4 Å². The number of halogens is 1. The van der Waals surface area contributed by atoms with Gasteiger partial charge >= 0.3 is 11.9 Å². The lowest BCUT2D eigenvalue weighted by Gasteiger charge is -2.25. The number of thiazole rings is 1. The topological polar surface area (TPSA) is 124 Å². The third-order valence-electron chi connectivity index (χ3n) is 6.65. The molecule has 0 fully saturated rings. The van der Waals surface area contributed by atoms with Gasteiger partial charge in [-0.2, -0.15) is 0 Å². The van der Waals surface area contributed by atoms with Crippen molar-refractivity contribution < 1.29 is 38.0 Å². The summed E-state index contributed by atoms with van der Waals surface area (Å²) in [6.07, 6.45) is 3.29. The van der Waals surface area contributed by atoms with Gasteiger partial charge in [0.05, 0.1) is 53.8 Å². The van der Waals surface area contributed by atoms with E-state index in [9.17, 15) is 14.4 Å². The Labute approximate surface area is 274 Å². The Morgan fingerprint density at radius 2 is 1.76 bits per heavy atom. The van der Waals surface area contributed by atoms with E-state index in [2.05, 4.69) is 16.3 Å². The fourth-order valence-electron chi connectivity index (χ4n) is 4.75. The Morgan fingerprint density at radius 1 is 1.02 bits per heavy atom. The van der Waals surface area contributed by atoms with Crippen molar-refractivity contribution in [2.24, 2.45) is 4.99 Å². The molecule has 0 radical (unpaired) electrons. The van der Waals surface area contributed by atoms with Crippen molar-refractivity contribution in [1.29, 1.82) is 0 Å². The van der Waals surface area contributed by atoms with Crippen LogP contribution in [0.25, 0.3) is 6.08 Å². The smallest absolute Gasteiger partial charge is 0.343 e. The molecule has 0 saturated carbocycles. The summed E-state index contributed by atoms with van der Waals surface area (Å²) in [5.41, 5.74) is 1.38. The predicted molar refractivity (Wildman–Crippen MR) is 174 cm³/mol. The molecule has 46 heavy (non-hydrogen) atoms. The van der Waals surface area contributed by atoms with Crippen LogP contribution in [0.15, 0.2) is 64.0 Å². The molecule has 0 saturated heterocycles. The molecular weight excluding hydrogens is 636 g/mol. The summed E-state index contributed by atoms with van der Waals surface area (Å²) in [7, 11) is 1.26. The largest absolute Gasteiger partial charge is 0.490 e. The predicted octanol–water partition coefficient (Wildman–Crippen LogP) is 4.37. The second kappa shape index (κ2) is 15.6. The lowest BCUT2D eigenvalue weighted by atomic mass is 9.95. The number of ether oxygens (including phenoxy) is 6. The molecule has 1 atom stereocenters. The molecule has 13 heteroatoms. The van der Waals surface area contributed by atoms with Gasteiger partial charge < -0.3 is 28.4 Å². The van der Waals surface area contributed by atoms with Crippen LogP contribution in [0, 0.1) is 0 Å². The van der Waals surface area contributed by atoms with Crippen LogP contribution in [0.5, 0.6) is 23.0 Å². The van der Waals surface area contributed by atoms with Crippen LogP contribution >= 0.6 is 22.9 Å². The van der Waals surface area contributed by atoms with Gasteiger partial charge in [0, 0.05) is 0 Å². The number of hydrogen-bond donors (Lipinski definition) is 0. The van der Waals surface area contributed by atoms with Crippen molar-refractivity contribution in [3.8, 4) is 23.0 Å². The maximum Gasteiger partial charge on any atom is 0.343 e. The van der Waals surface area contributed by atoms with Crippen LogP contribution in [0.2, 0.25) is 5.02 Å². The number of fused-ring (bicyclic) bond motifs is 1. The molecule has 0 bridgehead atoms. The fourth-order valence-corrected chi connectivity index (χ4v) is 6.07. The van der Waals surface area contributed by atoms with Gasteiger partial charge in [-0.3, -0.25) is 9.36 Å². The van der Waals surface area contributed by atoms with E-state index in [1.807, 2.05) is 6.92 Å². The molecule has 0 spiro atoms. The van der Waals surface area contributed by atoms with Crippen molar-refractivity contribution >= 4 is 41.0 Å². The second-order valence-corrected chi connectivity index (χ2v) is 11.1. The number of rotatable bonds is 14. The van der Waals surface area contributed by atoms with Crippen LogP contribution < -0.4 is 33.8 Å². The number of nitrogens with zero attached hydrogens (tertiary/aromatic N) is 2. The van der Waals surface area contributed by atoms with Gasteiger partial charge in [-0.25, -0.2) is 14.6 Å². The molecule has 0 aliphatic carbocycles. The average molecular weight is 671 g/mol. The summed E-state index contributed by atoms with van der Waals surface area (Å²) >= 11 is 7.72. The van der Waals surface area contributed by atoms with E-state index in [4.69, 9.17) is 35.3 Å². The molecule has 3 aromatic rings. The van der Waals surface area contributed by atoms with E-state index in [-0.39, 0.29) is 31.0 Å². The number of esters is 2. The van der Waals surface area contributed by atoms with Crippen LogP contribution in [0.1, 0.15) is 44.9 Å². The van der Waals surface area contributed by atoms with Gasteiger partial charge in [0.2, 0.25) is 0 Å². The summed E-state index contributed by atoms with van der Waals surface area (Å²) in [6.45, 7) is 11.4. The van der Waals surface area contributed by atoms with E-state index in [1.54, 1.807) is 63.3 Å². The monoisotopic (exact) mass is 670 g/mol. The van der Waals surface area contributed by atoms with Crippen molar-refractivity contribution in [3.63, 3.8) is 0 Å². The first kappa shape index (κ1) is 34.3. The molecule has 1 aromatic heterocycles. The molecule has 0 unspecified atom stereocenters. The highest BCUT2D eigenvalue weighted by atomic mass is 35.5. The number of hydrogen-bond acceptors (Lipinski definition) is 11. The summed E-state index contributed by atoms with van der Waals surface area (Å²) in [6, 6.07) is 7.50. The minimum Gasteiger partial charge on any atom is -0.490 e. The van der Waals surface area contributed by atoms with Crippen molar-refractivity contribution in [3.05, 3.63) is 90.1 Å². The lowest BCUT2D eigenvalue weighted by Crippen LogP contribution is -2.40. The number of carbonyl (C=O) groups excluding carboxylic acids is 2. The van der Waals surface area contributed by atoms with E-state index in [0.717, 1.165) is 0 Å². The lowest BCUT2D eigenvalue weighted by molar-refractivity contribution is -0.143. The molecule has 1 aliphatic heterocycles. The van der Waals surface area contributed by atoms with Crippen LogP contribution in [0.3, 0.4) is 0 Å². The maximum atomic E-state index is 14.1. The Balaban J connectivity index is 1.89. The molecule has 0 N–H and O–H groups in total. The standard InChI is InChI=1S/C33H35ClN2O9S/c1-7-13-44-30-22(34)14-20(15-25(30)42-9-3)16-26-31(38)36-29(28(32(39)43-10-4)19(5)35-33(36)46-26)21-11-12-23(24(17-21)41-8-2)45-18-27(37)40-6/h7,11-12,14-17,29H,1,8-10,13,18H2,2-6H3/b26-16-/t29-/m1/s1. The minimum absolute atomic E-state index is 0.132. The molecule has 2 aromatic carbocycles. The highest BCUT2D eigenvalue weighted by Crippen LogP contribution is 2.38. The normalized spacial score (nSPS) is 14.2. The van der Waals surface area contributed by atoms with Crippen LogP contribution in [0.4, 0.5) is 0 Å².